The fourth-order valence-corrected chi connectivity index (χ4v) is 2.54. The van der Waals surface area contributed by atoms with Gasteiger partial charge in [-0.3, -0.25) is 0 Å². The third-order valence-electron chi connectivity index (χ3n) is 2.79. The Bertz CT molecular complexity index is 474. The first-order valence-corrected chi connectivity index (χ1v) is 6.23. The summed E-state index contributed by atoms with van der Waals surface area (Å²) in [6.07, 6.45) is 0.404. The molecule has 0 aliphatic carbocycles. The summed E-state index contributed by atoms with van der Waals surface area (Å²) in [5, 5.41) is 9.04. The Morgan fingerprint density at radius 1 is 0.882 bits per heavy atom. The molecule has 84 valence electrons. The van der Waals surface area contributed by atoms with Crippen LogP contribution < -0.4 is 0 Å². The molecule has 17 heavy (non-hydrogen) atoms. The van der Waals surface area contributed by atoms with Crippen molar-refractivity contribution < 1.29 is 0 Å². The summed E-state index contributed by atoms with van der Waals surface area (Å²) in [4.78, 5) is 0. The van der Waals surface area contributed by atoms with Crippen LogP contribution in [-0.4, -0.2) is 0 Å². The Kier molecular flexibility index (Phi) is 3.61. The van der Waals surface area contributed by atoms with E-state index in [1.807, 2.05) is 60.7 Å². The zero-order valence-electron chi connectivity index (χ0n) is 9.31. The lowest BCUT2D eigenvalue weighted by molar-refractivity contribution is 0.782. The first kappa shape index (κ1) is 11.9. The Labute approximate surface area is 110 Å². The Hall–Kier alpha value is -1.59. The number of halogens is 1. The molecule has 0 aliphatic heterocycles. The highest BCUT2D eigenvalue weighted by Gasteiger charge is 2.30. The van der Waals surface area contributed by atoms with Gasteiger partial charge in [0, 0.05) is 0 Å². The van der Waals surface area contributed by atoms with Crippen LogP contribution in [0.1, 0.15) is 17.5 Å². The summed E-state index contributed by atoms with van der Waals surface area (Å²) in [6.45, 7) is 0. The molecule has 1 nitrogen and oxygen atoms in total. The molecular formula is C15H12BrN. The fourth-order valence-electron chi connectivity index (χ4n) is 1.88. The van der Waals surface area contributed by atoms with E-state index >= 15 is 0 Å². The van der Waals surface area contributed by atoms with Crippen LogP contribution >= 0.6 is 15.9 Å². The number of hydrogen-bond acceptors (Lipinski definition) is 1. The summed E-state index contributed by atoms with van der Waals surface area (Å²) in [7, 11) is 0. The van der Waals surface area contributed by atoms with Gasteiger partial charge in [-0.1, -0.05) is 76.6 Å². The van der Waals surface area contributed by atoms with Gasteiger partial charge in [0.05, 0.1) is 16.8 Å². The molecule has 0 saturated carbocycles. The highest BCUT2D eigenvalue weighted by molar-refractivity contribution is 9.09. The molecule has 2 rings (SSSR count). The van der Waals surface area contributed by atoms with Crippen LogP contribution in [0, 0.1) is 11.3 Å². The second kappa shape index (κ2) is 5.16. The van der Waals surface area contributed by atoms with Crippen molar-refractivity contribution in [2.45, 2.75) is 10.7 Å². The van der Waals surface area contributed by atoms with Gasteiger partial charge in [-0.15, -0.1) is 0 Å². The second-order valence-electron chi connectivity index (χ2n) is 3.87. The van der Waals surface area contributed by atoms with E-state index < -0.39 is 4.32 Å². The predicted molar refractivity (Wildman–Crippen MR) is 72.8 cm³/mol. The van der Waals surface area contributed by atoms with Crippen molar-refractivity contribution in [3.63, 3.8) is 0 Å². The smallest absolute Gasteiger partial charge is 0.0884 e. The molecule has 2 heteroatoms. The third-order valence-corrected chi connectivity index (χ3v) is 3.98. The molecule has 0 atom stereocenters. The van der Waals surface area contributed by atoms with Crippen LogP contribution in [0.25, 0.3) is 0 Å². The molecule has 2 aromatic rings. The standard InChI is InChI=1S/C15H12BrN/c16-15(11-12-17,13-7-3-1-4-8-13)14-9-5-2-6-10-14/h1-10H,11H2. The molecule has 0 heterocycles. The third kappa shape index (κ3) is 2.40. The molecule has 0 radical (unpaired) electrons. The zero-order chi connectivity index (χ0) is 12.1. The van der Waals surface area contributed by atoms with E-state index in [-0.39, 0.29) is 0 Å². The van der Waals surface area contributed by atoms with Crippen molar-refractivity contribution in [3.05, 3.63) is 71.8 Å². The average molecular weight is 286 g/mol. The minimum atomic E-state index is -0.412. The maximum Gasteiger partial charge on any atom is 0.0884 e. The van der Waals surface area contributed by atoms with E-state index in [1.54, 1.807) is 0 Å². The molecule has 0 fully saturated rings. The monoisotopic (exact) mass is 285 g/mol. The highest BCUT2D eigenvalue weighted by atomic mass is 79.9. The predicted octanol–water partition coefficient (Wildman–Crippen LogP) is 4.24. The van der Waals surface area contributed by atoms with Crippen LogP contribution in [0.4, 0.5) is 0 Å². The van der Waals surface area contributed by atoms with Crippen LogP contribution in [-0.2, 0) is 4.32 Å². The lowest BCUT2D eigenvalue weighted by Gasteiger charge is -2.26. The van der Waals surface area contributed by atoms with E-state index in [9.17, 15) is 0 Å². The maximum absolute atomic E-state index is 9.04. The minimum absolute atomic E-state index is 0.404. The highest BCUT2D eigenvalue weighted by Crippen LogP contribution is 2.41. The van der Waals surface area contributed by atoms with Crippen LogP contribution in [0.2, 0.25) is 0 Å². The number of alkyl halides is 1. The van der Waals surface area contributed by atoms with Gasteiger partial charge in [-0.05, 0) is 11.1 Å². The Morgan fingerprint density at radius 3 is 1.65 bits per heavy atom. The van der Waals surface area contributed by atoms with Gasteiger partial charge in [0.15, 0.2) is 0 Å². The molecule has 0 amide bonds. The Balaban J connectivity index is 2.52. The molecule has 0 bridgehead atoms. The van der Waals surface area contributed by atoms with Gasteiger partial charge in [0.25, 0.3) is 0 Å². The largest absolute Gasteiger partial charge is 0.198 e. The SMILES string of the molecule is N#CCC(Br)(c1ccccc1)c1ccccc1. The van der Waals surface area contributed by atoms with Crippen molar-refractivity contribution in [2.75, 3.05) is 0 Å². The van der Waals surface area contributed by atoms with E-state index in [2.05, 4.69) is 22.0 Å². The van der Waals surface area contributed by atoms with Gasteiger partial charge in [-0.25, -0.2) is 0 Å². The van der Waals surface area contributed by atoms with Crippen LogP contribution in [0.3, 0.4) is 0 Å². The molecule has 2 aromatic carbocycles. The van der Waals surface area contributed by atoms with Gasteiger partial charge in [-0.2, -0.15) is 5.26 Å². The van der Waals surface area contributed by atoms with Crippen molar-refractivity contribution in [3.8, 4) is 6.07 Å². The summed E-state index contributed by atoms with van der Waals surface area (Å²) < 4.78 is -0.412. The summed E-state index contributed by atoms with van der Waals surface area (Å²) in [5.74, 6) is 0. The lowest BCUT2D eigenvalue weighted by atomic mass is 9.89. The molecule has 0 aromatic heterocycles. The molecule has 0 aliphatic rings. The molecular weight excluding hydrogens is 274 g/mol. The van der Waals surface area contributed by atoms with Crippen molar-refractivity contribution >= 4 is 15.9 Å². The van der Waals surface area contributed by atoms with Gasteiger partial charge >= 0.3 is 0 Å². The first-order valence-electron chi connectivity index (χ1n) is 5.44. The summed E-state index contributed by atoms with van der Waals surface area (Å²) in [5.41, 5.74) is 2.21. The second-order valence-corrected chi connectivity index (χ2v) is 5.22. The molecule has 0 spiro atoms. The number of nitrogens with zero attached hydrogens (tertiary/aromatic N) is 1. The zero-order valence-corrected chi connectivity index (χ0v) is 10.9. The van der Waals surface area contributed by atoms with E-state index in [1.165, 1.54) is 0 Å². The topological polar surface area (TPSA) is 23.8 Å². The van der Waals surface area contributed by atoms with Crippen LogP contribution in [0.15, 0.2) is 60.7 Å². The van der Waals surface area contributed by atoms with Gasteiger partial charge in [0.2, 0.25) is 0 Å². The molecule has 0 N–H and O–H groups in total. The summed E-state index contributed by atoms with van der Waals surface area (Å²) in [6, 6.07) is 22.3. The first-order chi connectivity index (χ1) is 8.27. The average Bonchev–Trinajstić information content (AvgIpc) is 2.41. The van der Waals surface area contributed by atoms with Crippen LogP contribution in [0.5, 0.6) is 0 Å². The lowest BCUT2D eigenvalue weighted by Crippen LogP contribution is -2.18. The van der Waals surface area contributed by atoms with Gasteiger partial charge < -0.3 is 0 Å². The normalized spacial score (nSPS) is 10.8. The van der Waals surface area contributed by atoms with Crippen molar-refractivity contribution in [2.24, 2.45) is 0 Å². The molecule has 0 saturated heterocycles. The Morgan fingerprint density at radius 2 is 1.29 bits per heavy atom. The number of hydrogen-bond donors (Lipinski definition) is 0. The summed E-state index contributed by atoms with van der Waals surface area (Å²) >= 11 is 3.74. The van der Waals surface area contributed by atoms with E-state index in [4.69, 9.17) is 5.26 Å². The quantitative estimate of drug-likeness (QED) is 0.774. The maximum atomic E-state index is 9.04. The van der Waals surface area contributed by atoms with Crippen molar-refractivity contribution in [1.29, 1.82) is 5.26 Å². The number of nitriles is 1. The number of rotatable bonds is 3. The minimum Gasteiger partial charge on any atom is -0.198 e. The van der Waals surface area contributed by atoms with E-state index in [0.29, 0.717) is 6.42 Å². The van der Waals surface area contributed by atoms with Crippen molar-refractivity contribution in [1.82, 2.24) is 0 Å². The van der Waals surface area contributed by atoms with E-state index in [0.717, 1.165) is 11.1 Å². The number of benzene rings is 2. The van der Waals surface area contributed by atoms with Gasteiger partial charge in [0.1, 0.15) is 0 Å². The fraction of sp³-hybridized carbons (Fsp3) is 0.133. The molecule has 0 unspecified atom stereocenters.